The van der Waals surface area contributed by atoms with E-state index in [2.05, 4.69) is 19.5 Å². The van der Waals surface area contributed by atoms with Crippen molar-refractivity contribution in [2.75, 3.05) is 0 Å². The van der Waals surface area contributed by atoms with Gasteiger partial charge in [0.2, 0.25) is 0 Å². The molecular weight excluding hydrogens is 347 g/mol. The van der Waals surface area contributed by atoms with E-state index in [9.17, 15) is 5.11 Å². The third-order valence-electron chi connectivity index (χ3n) is 4.62. The van der Waals surface area contributed by atoms with E-state index in [1.807, 2.05) is 12.3 Å². The highest BCUT2D eigenvalue weighted by atomic mass is 35.5. The van der Waals surface area contributed by atoms with E-state index in [1.54, 1.807) is 12.3 Å². The predicted octanol–water partition coefficient (Wildman–Crippen LogP) is 4.32. The van der Waals surface area contributed by atoms with Gasteiger partial charge in [-0.3, -0.25) is 4.99 Å². The van der Waals surface area contributed by atoms with Gasteiger partial charge in [0.25, 0.3) is 0 Å². The van der Waals surface area contributed by atoms with E-state index in [0.29, 0.717) is 39.3 Å². The molecule has 0 bridgehead atoms. The molecule has 0 aromatic carbocycles. The number of hydrogen-bond donors (Lipinski definition) is 1. The first kappa shape index (κ1) is 15.8. The monoisotopic (exact) mass is 362 g/mol. The lowest BCUT2D eigenvalue weighted by Gasteiger charge is -2.27. The maximum Gasteiger partial charge on any atom is 0.145 e. The fourth-order valence-corrected chi connectivity index (χ4v) is 3.46. The number of halogens is 2. The summed E-state index contributed by atoms with van der Waals surface area (Å²) in [7, 11) is 0. The summed E-state index contributed by atoms with van der Waals surface area (Å²) < 4.78 is 2.11. The van der Waals surface area contributed by atoms with Crippen LogP contribution in [0, 0.1) is 0 Å². The first-order valence-electron chi connectivity index (χ1n) is 7.93. The fourth-order valence-electron chi connectivity index (χ4n) is 3.09. The lowest BCUT2D eigenvalue weighted by Crippen LogP contribution is -2.16. The highest BCUT2D eigenvalue weighted by Gasteiger charge is 2.27. The van der Waals surface area contributed by atoms with Crippen LogP contribution in [0.1, 0.15) is 43.4 Å². The van der Waals surface area contributed by atoms with Gasteiger partial charge in [0.05, 0.1) is 11.1 Å². The number of nitrogens with zero attached hydrogens (tertiary/aromatic N) is 4. The summed E-state index contributed by atoms with van der Waals surface area (Å²) in [6.45, 7) is 0. The maximum atomic E-state index is 10.9. The Morgan fingerprint density at radius 1 is 1.25 bits per heavy atom. The molecule has 1 aliphatic heterocycles. The number of aromatic nitrogens is 3. The molecule has 2 aliphatic rings. The van der Waals surface area contributed by atoms with Crippen LogP contribution in [-0.2, 0) is 0 Å². The summed E-state index contributed by atoms with van der Waals surface area (Å²) in [6, 6.07) is 0.405. The van der Waals surface area contributed by atoms with Crippen LogP contribution in [0.15, 0.2) is 40.4 Å². The maximum absolute atomic E-state index is 10.9. The van der Waals surface area contributed by atoms with Gasteiger partial charge in [-0.25, -0.2) is 9.97 Å². The highest BCUT2D eigenvalue weighted by Crippen LogP contribution is 2.40. The minimum absolute atomic E-state index is 0.349. The number of hydrogen-bond acceptors (Lipinski definition) is 4. The smallest absolute Gasteiger partial charge is 0.145 e. The highest BCUT2D eigenvalue weighted by molar-refractivity contribution is 6.34. The zero-order valence-electron chi connectivity index (χ0n) is 12.9. The van der Waals surface area contributed by atoms with E-state index in [0.717, 1.165) is 18.5 Å². The number of fused-ring (bicyclic) bond motifs is 1. The van der Waals surface area contributed by atoms with Crippen molar-refractivity contribution in [3.8, 4) is 0 Å². The van der Waals surface area contributed by atoms with Crippen LogP contribution in [-0.4, -0.2) is 25.9 Å². The van der Waals surface area contributed by atoms with E-state index in [4.69, 9.17) is 23.2 Å². The molecule has 7 heteroatoms. The van der Waals surface area contributed by atoms with Crippen LogP contribution in [0.25, 0.3) is 11.0 Å². The standard InChI is InChI=1S/C17H16Cl2N4O/c18-10-4-5-13(20-7-6-10)15(24)12-8-23(11-2-1-3-11)17-14(12)16(19)21-9-22-17/h5-9,11,15,24H,1-4H2. The average molecular weight is 363 g/mol. The zero-order chi connectivity index (χ0) is 16.7. The number of allylic oxidation sites excluding steroid dienone is 3. The second kappa shape index (κ2) is 6.31. The number of aliphatic hydroxyl groups is 1. The summed E-state index contributed by atoms with van der Waals surface area (Å²) in [5, 5.41) is 12.6. The van der Waals surface area contributed by atoms with Gasteiger partial charge < -0.3 is 9.67 Å². The minimum atomic E-state index is -0.899. The SMILES string of the molecule is OC(C1=CCC(Cl)=CC=N1)c1cn(C2CCC2)c2ncnc(Cl)c12. The van der Waals surface area contributed by atoms with Crippen molar-refractivity contribution in [2.45, 2.75) is 37.8 Å². The van der Waals surface area contributed by atoms with E-state index >= 15 is 0 Å². The summed E-state index contributed by atoms with van der Waals surface area (Å²) in [5.74, 6) is 0. The lowest BCUT2D eigenvalue weighted by molar-refractivity contribution is 0.214. The molecule has 1 aliphatic carbocycles. The van der Waals surface area contributed by atoms with Crippen LogP contribution >= 0.6 is 23.2 Å². The molecule has 124 valence electrons. The Kier molecular flexibility index (Phi) is 4.16. The molecule has 2 aromatic heterocycles. The van der Waals surface area contributed by atoms with E-state index < -0.39 is 6.10 Å². The van der Waals surface area contributed by atoms with Crippen molar-refractivity contribution in [1.82, 2.24) is 14.5 Å². The van der Waals surface area contributed by atoms with Gasteiger partial charge >= 0.3 is 0 Å². The third-order valence-corrected chi connectivity index (χ3v) is 5.19. The summed E-state index contributed by atoms with van der Waals surface area (Å²) in [5.41, 5.74) is 2.00. The lowest BCUT2D eigenvalue weighted by atomic mass is 9.93. The Morgan fingerprint density at radius 3 is 2.83 bits per heavy atom. The van der Waals surface area contributed by atoms with Crippen molar-refractivity contribution < 1.29 is 5.11 Å². The van der Waals surface area contributed by atoms with Crippen molar-refractivity contribution >= 4 is 40.4 Å². The van der Waals surface area contributed by atoms with E-state index in [1.165, 1.54) is 12.7 Å². The zero-order valence-corrected chi connectivity index (χ0v) is 14.4. The Hall–Kier alpha value is -1.69. The second-order valence-electron chi connectivity index (χ2n) is 6.07. The normalized spacial score (nSPS) is 19.6. The molecule has 0 spiro atoms. The van der Waals surface area contributed by atoms with Gasteiger partial charge in [-0.05, 0) is 25.3 Å². The van der Waals surface area contributed by atoms with Gasteiger partial charge in [-0.15, -0.1) is 0 Å². The molecular formula is C17H16Cl2N4O. The Labute approximate surface area is 149 Å². The number of aliphatic hydroxyl groups excluding tert-OH is 1. The van der Waals surface area contributed by atoms with Crippen LogP contribution in [0.5, 0.6) is 0 Å². The molecule has 0 amide bonds. The van der Waals surface area contributed by atoms with Crippen LogP contribution in [0.4, 0.5) is 0 Å². The van der Waals surface area contributed by atoms with Crippen molar-refractivity contribution in [1.29, 1.82) is 0 Å². The van der Waals surface area contributed by atoms with Crippen molar-refractivity contribution in [3.05, 3.63) is 46.1 Å². The van der Waals surface area contributed by atoms with Gasteiger partial charge in [-0.2, -0.15) is 0 Å². The van der Waals surface area contributed by atoms with Gasteiger partial charge in [-0.1, -0.05) is 29.3 Å². The minimum Gasteiger partial charge on any atom is -0.382 e. The van der Waals surface area contributed by atoms with Gasteiger partial charge in [0.15, 0.2) is 0 Å². The first-order valence-corrected chi connectivity index (χ1v) is 8.68. The van der Waals surface area contributed by atoms with Gasteiger partial charge in [0, 0.05) is 35.5 Å². The molecule has 1 N–H and O–H groups in total. The van der Waals surface area contributed by atoms with Crippen LogP contribution in [0.2, 0.25) is 5.15 Å². The van der Waals surface area contributed by atoms with E-state index in [-0.39, 0.29) is 0 Å². The summed E-state index contributed by atoms with van der Waals surface area (Å²) >= 11 is 12.3. The van der Waals surface area contributed by atoms with Crippen LogP contribution in [0.3, 0.4) is 0 Å². The Balaban J connectivity index is 1.81. The molecule has 2 aromatic rings. The molecule has 5 nitrogen and oxygen atoms in total. The molecule has 1 atom stereocenters. The average Bonchev–Trinajstić information content (AvgIpc) is 2.75. The van der Waals surface area contributed by atoms with Crippen molar-refractivity contribution in [3.63, 3.8) is 0 Å². The predicted molar refractivity (Wildman–Crippen MR) is 95.5 cm³/mol. The molecule has 4 rings (SSSR count). The topological polar surface area (TPSA) is 63.3 Å². The van der Waals surface area contributed by atoms with Crippen LogP contribution < -0.4 is 0 Å². The molecule has 24 heavy (non-hydrogen) atoms. The summed E-state index contributed by atoms with van der Waals surface area (Å²) in [6.07, 6.45) is 11.6. The quantitative estimate of drug-likeness (QED) is 0.826. The molecule has 1 unspecified atom stereocenters. The summed E-state index contributed by atoms with van der Waals surface area (Å²) in [4.78, 5) is 12.8. The second-order valence-corrected chi connectivity index (χ2v) is 6.91. The number of rotatable bonds is 3. The fraction of sp³-hybridized carbons (Fsp3) is 0.353. The first-order chi connectivity index (χ1) is 11.6. The largest absolute Gasteiger partial charge is 0.382 e. The molecule has 0 radical (unpaired) electrons. The third kappa shape index (κ3) is 2.66. The Bertz CT molecular complexity index is 880. The molecule has 3 heterocycles. The molecule has 1 saturated carbocycles. The Morgan fingerprint density at radius 2 is 2.08 bits per heavy atom. The molecule has 0 saturated heterocycles. The number of aliphatic imine (C=N–C) groups is 1. The molecule has 1 fully saturated rings. The van der Waals surface area contributed by atoms with Gasteiger partial charge in [0.1, 0.15) is 23.2 Å². The van der Waals surface area contributed by atoms with Crippen molar-refractivity contribution in [2.24, 2.45) is 4.99 Å².